The third-order valence-corrected chi connectivity index (χ3v) is 10.1. The first-order valence-corrected chi connectivity index (χ1v) is 13.1. The predicted octanol–water partition coefficient (Wildman–Crippen LogP) is 0.704. The summed E-state index contributed by atoms with van der Waals surface area (Å²) in [5.74, 6) is -0.267. The van der Waals surface area contributed by atoms with Gasteiger partial charge in [-0.1, -0.05) is 0 Å². The molecule has 0 saturated carbocycles. The van der Waals surface area contributed by atoms with Crippen molar-refractivity contribution in [3.05, 3.63) is 29.1 Å². The van der Waals surface area contributed by atoms with Crippen LogP contribution in [-0.2, 0) is 26.5 Å². The van der Waals surface area contributed by atoms with Crippen molar-refractivity contribution in [1.29, 1.82) is 0 Å². The van der Waals surface area contributed by atoms with Gasteiger partial charge in [0, 0.05) is 43.3 Å². The van der Waals surface area contributed by atoms with Crippen LogP contribution in [0.25, 0.3) is 11.3 Å². The summed E-state index contributed by atoms with van der Waals surface area (Å²) < 4.78 is 51.9. The fraction of sp³-hybridized carbons (Fsp3) is 0.562. The molecule has 4 rings (SSSR count). The number of nitrogens with zero attached hydrogens (tertiary/aromatic N) is 4. The Labute approximate surface area is 163 Å². The monoisotopic (exact) mass is 430 g/mol. The van der Waals surface area contributed by atoms with Crippen LogP contribution in [0.5, 0.6) is 0 Å². The summed E-state index contributed by atoms with van der Waals surface area (Å²) in [4.78, 5) is 2.15. The molecule has 2 fully saturated rings. The summed E-state index contributed by atoms with van der Waals surface area (Å²) in [5.41, 5.74) is 2.03. The van der Waals surface area contributed by atoms with Crippen LogP contribution in [0.15, 0.2) is 29.1 Å². The third kappa shape index (κ3) is 4.11. The van der Waals surface area contributed by atoms with Crippen molar-refractivity contribution >= 4 is 31.2 Å². The second-order valence-corrected chi connectivity index (χ2v) is 12.2. The van der Waals surface area contributed by atoms with E-state index in [-0.39, 0.29) is 17.9 Å². The fourth-order valence-corrected chi connectivity index (χ4v) is 8.70. The first-order valence-electron chi connectivity index (χ1n) is 8.81. The molecule has 2 aliphatic heterocycles. The molecule has 0 spiro atoms. The van der Waals surface area contributed by atoms with E-state index in [2.05, 4.69) is 15.4 Å². The molecule has 27 heavy (non-hydrogen) atoms. The molecule has 8 nitrogen and oxygen atoms in total. The highest BCUT2D eigenvalue weighted by Gasteiger charge is 2.41. The van der Waals surface area contributed by atoms with Crippen molar-refractivity contribution in [2.24, 2.45) is 0 Å². The van der Waals surface area contributed by atoms with E-state index in [9.17, 15) is 16.8 Å². The van der Waals surface area contributed by atoms with Crippen molar-refractivity contribution in [2.45, 2.75) is 18.3 Å². The summed E-state index contributed by atoms with van der Waals surface area (Å²) in [6, 6.07) is 4.01. The van der Waals surface area contributed by atoms with Crippen molar-refractivity contribution in [2.75, 3.05) is 37.7 Å². The van der Waals surface area contributed by atoms with Gasteiger partial charge in [-0.3, -0.25) is 9.58 Å². The Morgan fingerprint density at radius 2 is 1.96 bits per heavy atom. The van der Waals surface area contributed by atoms with Crippen LogP contribution in [0.4, 0.5) is 0 Å². The van der Waals surface area contributed by atoms with Crippen LogP contribution in [0, 0.1) is 0 Å². The fourth-order valence-electron chi connectivity index (χ4n) is 3.54. The number of sulfone groups is 1. The Morgan fingerprint density at radius 1 is 1.19 bits per heavy atom. The second-order valence-electron chi connectivity index (χ2n) is 6.98. The van der Waals surface area contributed by atoms with Gasteiger partial charge in [-0.05, 0) is 23.9 Å². The normalized spacial score (nSPS) is 24.4. The van der Waals surface area contributed by atoms with E-state index in [0.29, 0.717) is 32.8 Å². The average molecular weight is 431 g/mol. The summed E-state index contributed by atoms with van der Waals surface area (Å²) >= 11 is 1.63. The summed E-state index contributed by atoms with van der Waals surface area (Å²) in [6.45, 7) is 2.59. The molecule has 0 aromatic carbocycles. The zero-order chi connectivity index (χ0) is 19.1. The number of rotatable bonds is 5. The van der Waals surface area contributed by atoms with Gasteiger partial charge in [0.1, 0.15) is 0 Å². The lowest BCUT2D eigenvalue weighted by atomic mass is 10.2. The number of hydrogen-bond donors (Lipinski definition) is 0. The van der Waals surface area contributed by atoms with Crippen LogP contribution in [0.1, 0.15) is 6.42 Å². The van der Waals surface area contributed by atoms with Gasteiger partial charge in [0.25, 0.3) is 0 Å². The average Bonchev–Trinajstić information content (AvgIpc) is 3.35. The standard InChI is InChI=1S/C16H22N4O4S3/c21-26(22)10-3-15(12-26)27(23,24)20-7-5-18(6-8-20)13-19-4-1-16(17-19)14-2-9-25-11-14/h1-2,4,9,11,15H,3,5-8,10,12-13H2. The molecule has 0 aliphatic carbocycles. The Balaban J connectivity index is 1.34. The van der Waals surface area contributed by atoms with E-state index in [0.717, 1.165) is 11.3 Å². The lowest BCUT2D eigenvalue weighted by molar-refractivity contribution is 0.145. The Bertz CT molecular complexity index is 990. The molecular weight excluding hydrogens is 408 g/mol. The molecule has 2 saturated heterocycles. The predicted molar refractivity (Wildman–Crippen MR) is 105 cm³/mol. The minimum atomic E-state index is -3.55. The lowest BCUT2D eigenvalue weighted by Crippen LogP contribution is -2.51. The van der Waals surface area contributed by atoms with Gasteiger partial charge in [-0.15, -0.1) is 0 Å². The maximum atomic E-state index is 12.7. The zero-order valence-corrected chi connectivity index (χ0v) is 17.2. The quantitative estimate of drug-likeness (QED) is 0.693. The maximum absolute atomic E-state index is 12.7. The van der Waals surface area contributed by atoms with Crippen LogP contribution in [-0.4, -0.2) is 78.8 Å². The smallest absolute Gasteiger partial charge is 0.218 e. The van der Waals surface area contributed by atoms with Gasteiger partial charge in [0.2, 0.25) is 10.0 Å². The van der Waals surface area contributed by atoms with Gasteiger partial charge in [0.15, 0.2) is 9.84 Å². The van der Waals surface area contributed by atoms with Gasteiger partial charge < -0.3 is 0 Å². The van der Waals surface area contributed by atoms with Crippen molar-refractivity contribution in [3.63, 3.8) is 0 Å². The van der Waals surface area contributed by atoms with E-state index in [1.807, 2.05) is 28.4 Å². The number of piperazine rings is 1. The van der Waals surface area contributed by atoms with Crippen molar-refractivity contribution in [3.8, 4) is 11.3 Å². The van der Waals surface area contributed by atoms with Crippen LogP contribution < -0.4 is 0 Å². The molecule has 4 heterocycles. The molecule has 1 unspecified atom stereocenters. The first-order chi connectivity index (χ1) is 12.8. The number of sulfonamides is 1. The lowest BCUT2D eigenvalue weighted by Gasteiger charge is -2.34. The number of hydrogen-bond acceptors (Lipinski definition) is 7. The molecule has 2 aromatic heterocycles. The molecule has 1 atom stereocenters. The molecule has 0 bridgehead atoms. The Kier molecular flexibility index (Phi) is 5.14. The molecule has 11 heteroatoms. The van der Waals surface area contributed by atoms with E-state index in [4.69, 9.17) is 0 Å². The summed E-state index contributed by atoms with van der Waals surface area (Å²) in [5, 5.41) is 7.87. The highest BCUT2D eigenvalue weighted by molar-refractivity contribution is 7.95. The zero-order valence-electron chi connectivity index (χ0n) is 14.8. The van der Waals surface area contributed by atoms with Crippen molar-refractivity contribution < 1.29 is 16.8 Å². The first kappa shape index (κ1) is 19.1. The molecular formula is C16H22N4O4S3. The highest BCUT2D eigenvalue weighted by Crippen LogP contribution is 2.23. The molecule has 148 valence electrons. The number of thiophene rings is 1. The highest BCUT2D eigenvalue weighted by atomic mass is 32.2. The minimum absolute atomic E-state index is 0.0252. The van der Waals surface area contributed by atoms with Crippen molar-refractivity contribution in [1.82, 2.24) is 19.0 Å². The SMILES string of the molecule is O=S1(=O)CCC(S(=O)(=O)N2CCN(Cn3ccc(-c4ccsc4)n3)CC2)C1. The van der Waals surface area contributed by atoms with Gasteiger partial charge in [-0.2, -0.15) is 20.7 Å². The van der Waals surface area contributed by atoms with Crippen LogP contribution in [0.3, 0.4) is 0 Å². The van der Waals surface area contributed by atoms with Crippen LogP contribution >= 0.6 is 11.3 Å². The van der Waals surface area contributed by atoms with Gasteiger partial charge >= 0.3 is 0 Å². The molecule has 0 N–H and O–H groups in total. The van der Waals surface area contributed by atoms with E-state index in [1.54, 1.807) is 11.3 Å². The van der Waals surface area contributed by atoms with E-state index >= 15 is 0 Å². The minimum Gasteiger partial charge on any atom is -0.282 e. The second kappa shape index (κ2) is 7.28. The molecule has 2 aliphatic rings. The van der Waals surface area contributed by atoms with E-state index < -0.39 is 25.1 Å². The van der Waals surface area contributed by atoms with Gasteiger partial charge in [0.05, 0.1) is 29.1 Å². The van der Waals surface area contributed by atoms with E-state index in [1.165, 1.54) is 4.31 Å². The maximum Gasteiger partial charge on any atom is 0.218 e. The Hall–Kier alpha value is -1.27. The third-order valence-electron chi connectivity index (χ3n) is 5.11. The topological polar surface area (TPSA) is 92.6 Å². The van der Waals surface area contributed by atoms with Gasteiger partial charge in [-0.25, -0.2) is 16.8 Å². The summed E-state index contributed by atoms with van der Waals surface area (Å²) in [7, 11) is -6.76. The molecule has 2 aromatic rings. The number of aromatic nitrogens is 2. The summed E-state index contributed by atoms with van der Waals surface area (Å²) in [6.07, 6.45) is 2.14. The largest absolute Gasteiger partial charge is 0.282 e. The Morgan fingerprint density at radius 3 is 2.59 bits per heavy atom. The molecule has 0 radical (unpaired) electrons. The van der Waals surface area contributed by atoms with Crippen LogP contribution in [0.2, 0.25) is 0 Å². The molecule has 0 amide bonds.